The fourth-order valence-corrected chi connectivity index (χ4v) is 9.57. The topological polar surface area (TPSA) is 38.8 Å². The maximum absolute atomic E-state index is 13.5. The quantitative estimate of drug-likeness (QED) is 0.458. The Kier molecular flexibility index (Phi) is 6.32. The van der Waals surface area contributed by atoms with Gasteiger partial charge in [0.2, 0.25) is 5.91 Å². The van der Waals surface area contributed by atoms with Crippen LogP contribution in [0.1, 0.15) is 26.7 Å². The molecular weight excluding hydrogens is 494 g/mol. The molecule has 4 nitrogen and oxygen atoms in total. The van der Waals surface area contributed by atoms with Crippen molar-refractivity contribution in [2.24, 2.45) is 16.2 Å². The van der Waals surface area contributed by atoms with Crippen LogP contribution in [0.5, 0.6) is 0 Å². The summed E-state index contributed by atoms with van der Waals surface area (Å²) in [6.07, 6.45) is 1.95. The van der Waals surface area contributed by atoms with Crippen LogP contribution < -0.4 is 0 Å². The van der Waals surface area contributed by atoms with Gasteiger partial charge in [-0.25, -0.2) is 0 Å². The van der Waals surface area contributed by atoms with E-state index in [4.69, 9.17) is 9.47 Å². The summed E-state index contributed by atoms with van der Waals surface area (Å²) in [6.45, 7) is 6.77. The average Bonchev–Trinajstić information content (AvgIpc) is 2.96. The maximum Gasteiger partial charge on any atom is 0.230 e. The lowest BCUT2D eigenvalue weighted by Gasteiger charge is -2.66. The Balaban J connectivity index is 2.27. The molecule has 3 fully saturated rings. The van der Waals surface area contributed by atoms with Gasteiger partial charge in [-0.3, -0.25) is 4.79 Å². The molecule has 0 saturated heterocycles. The number of nitrogens with zero attached hydrogens (tertiary/aromatic N) is 1. The molecule has 3 rings (SSSR count). The minimum absolute atomic E-state index is 0.0524. The van der Waals surface area contributed by atoms with Gasteiger partial charge in [0.25, 0.3) is 0 Å². The molecule has 1 amide bonds. The monoisotopic (exact) mass is 517 g/mol. The minimum Gasteiger partial charge on any atom is -0.383 e. The molecular formula is C16H26Br3NO3. The lowest BCUT2D eigenvalue weighted by Crippen LogP contribution is -2.72. The number of carbonyl (C=O) groups excluding carboxylic acids is 1. The van der Waals surface area contributed by atoms with Gasteiger partial charge in [0.1, 0.15) is 0 Å². The molecule has 0 aromatic carbocycles. The van der Waals surface area contributed by atoms with Gasteiger partial charge < -0.3 is 14.4 Å². The van der Waals surface area contributed by atoms with E-state index >= 15 is 0 Å². The van der Waals surface area contributed by atoms with Crippen molar-refractivity contribution in [1.29, 1.82) is 0 Å². The number of methoxy groups -OCH3 is 2. The van der Waals surface area contributed by atoms with Crippen molar-refractivity contribution in [3.8, 4) is 0 Å². The largest absolute Gasteiger partial charge is 0.383 e. The van der Waals surface area contributed by atoms with E-state index in [1.165, 1.54) is 0 Å². The van der Waals surface area contributed by atoms with Gasteiger partial charge in [0, 0.05) is 37.6 Å². The molecule has 2 bridgehead atoms. The Labute approximate surface area is 164 Å². The summed E-state index contributed by atoms with van der Waals surface area (Å²) < 4.78 is 10.6. The molecule has 0 heterocycles. The van der Waals surface area contributed by atoms with Gasteiger partial charge >= 0.3 is 0 Å². The Bertz CT molecular complexity index is 452. The molecule has 7 heteroatoms. The molecule has 134 valence electrons. The highest BCUT2D eigenvalue weighted by Crippen LogP contribution is 2.82. The third-order valence-corrected chi connectivity index (χ3v) is 9.52. The third-order valence-electron chi connectivity index (χ3n) is 6.29. The molecule has 0 radical (unpaired) electrons. The Morgan fingerprint density at radius 3 is 2.04 bits per heavy atom. The van der Waals surface area contributed by atoms with Gasteiger partial charge in [0.15, 0.2) is 0 Å². The first-order valence-electron chi connectivity index (χ1n) is 7.93. The molecule has 3 unspecified atom stereocenters. The molecule has 3 saturated carbocycles. The first-order chi connectivity index (χ1) is 10.7. The molecule has 0 aliphatic heterocycles. The molecule has 3 atom stereocenters. The van der Waals surface area contributed by atoms with Gasteiger partial charge in [-0.05, 0) is 18.3 Å². The van der Waals surface area contributed by atoms with Crippen LogP contribution in [0, 0.1) is 16.2 Å². The second-order valence-corrected chi connectivity index (χ2v) is 11.1. The van der Waals surface area contributed by atoms with Gasteiger partial charge in [-0.15, -0.1) is 0 Å². The Morgan fingerprint density at radius 2 is 1.70 bits per heavy atom. The second-order valence-electron chi connectivity index (χ2n) is 7.08. The standard InChI is InChI=1S/C16H26Br3NO3/c1-14(2)15(12(18)19)5-6-16(14,11(15)17)13(21)20(7-9-22-3)8-10-23-4/h11-12H,5-10H2,1-4H3. The van der Waals surface area contributed by atoms with Crippen LogP contribution in [0.3, 0.4) is 0 Å². The van der Waals surface area contributed by atoms with Crippen LogP contribution in [0.4, 0.5) is 0 Å². The van der Waals surface area contributed by atoms with Crippen molar-refractivity contribution in [3.63, 3.8) is 0 Å². The van der Waals surface area contributed by atoms with Gasteiger partial charge in [-0.2, -0.15) is 0 Å². The number of hydrogen-bond acceptors (Lipinski definition) is 3. The van der Waals surface area contributed by atoms with E-state index < -0.39 is 0 Å². The number of hydrogen-bond donors (Lipinski definition) is 0. The lowest BCUT2D eigenvalue weighted by molar-refractivity contribution is -0.174. The molecule has 23 heavy (non-hydrogen) atoms. The van der Waals surface area contributed by atoms with E-state index in [0.717, 1.165) is 12.8 Å². The number of alkyl halides is 3. The zero-order valence-corrected chi connectivity index (χ0v) is 19.0. The predicted octanol–water partition coefficient (Wildman–Crippen LogP) is 3.79. The van der Waals surface area contributed by atoms with E-state index in [1.807, 2.05) is 4.90 Å². The van der Waals surface area contributed by atoms with Crippen molar-refractivity contribution in [1.82, 2.24) is 4.90 Å². The van der Waals surface area contributed by atoms with Crippen LogP contribution in [0.2, 0.25) is 0 Å². The summed E-state index contributed by atoms with van der Waals surface area (Å²) in [5.41, 5.74) is -0.383. The maximum atomic E-state index is 13.5. The lowest BCUT2D eigenvalue weighted by atomic mass is 9.43. The highest BCUT2D eigenvalue weighted by Gasteiger charge is 2.83. The van der Waals surface area contributed by atoms with Crippen LogP contribution in [0.25, 0.3) is 0 Å². The average molecular weight is 520 g/mol. The van der Waals surface area contributed by atoms with Crippen LogP contribution >= 0.6 is 47.8 Å². The second kappa shape index (κ2) is 7.22. The van der Waals surface area contributed by atoms with Crippen molar-refractivity contribution < 1.29 is 14.3 Å². The Morgan fingerprint density at radius 1 is 1.17 bits per heavy atom. The molecule has 0 aromatic rings. The first kappa shape index (κ1) is 20.1. The highest BCUT2D eigenvalue weighted by atomic mass is 79.9. The fraction of sp³-hybridized carbons (Fsp3) is 0.938. The van der Waals surface area contributed by atoms with E-state index in [0.29, 0.717) is 26.3 Å². The molecule has 0 N–H and O–H groups in total. The number of halogens is 3. The van der Waals surface area contributed by atoms with Gasteiger partial charge in [0.05, 0.1) is 22.4 Å². The van der Waals surface area contributed by atoms with Crippen LogP contribution in [-0.2, 0) is 14.3 Å². The fourth-order valence-electron chi connectivity index (χ4n) is 4.67. The smallest absolute Gasteiger partial charge is 0.230 e. The number of ether oxygens (including phenoxy) is 2. The first-order valence-corrected chi connectivity index (χ1v) is 10.7. The van der Waals surface area contributed by atoms with Gasteiger partial charge in [-0.1, -0.05) is 61.6 Å². The van der Waals surface area contributed by atoms with Crippen molar-refractivity contribution in [2.75, 3.05) is 40.5 Å². The zero-order chi connectivity index (χ0) is 17.5. The third kappa shape index (κ3) is 2.59. The summed E-state index contributed by atoms with van der Waals surface area (Å²) in [5.74, 6) is 0.229. The Hall–Kier alpha value is 0.830. The van der Waals surface area contributed by atoms with Crippen molar-refractivity contribution in [3.05, 3.63) is 0 Å². The predicted molar refractivity (Wildman–Crippen MR) is 103 cm³/mol. The zero-order valence-electron chi connectivity index (χ0n) is 14.2. The normalized spacial score (nSPS) is 34.5. The number of fused-ring (bicyclic) bond motifs is 1. The highest BCUT2D eigenvalue weighted by molar-refractivity contribution is 9.24. The summed E-state index contributed by atoms with van der Waals surface area (Å²) in [6, 6.07) is 0. The number of rotatable bonds is 8. The summed E-state index contributed by atoms with van der Waals surface area (Å²) in [7, 11) is 3.33. The molecule has 3 aliphatic rings. The molecule has 0 spiro atoms. The summed E-state index contributed by atoms with van der Waals surface area (Å²) >= 11 is 11.3. The molecule has 0 aromatic heterocycles. The van der Waals surface area contributed by atoms with Crippen LogP contribution in [0.15, 0.2) is 0 Å². The minimum atomic E-state index is -0.353. The van der Waals surface area contributed by atoms with Crippen molar-refractivity contribution >= 4 is 53.7 Å². The summed E-state index contributed by atoms with van der Waals surface area (Å²) in [4.78, 5) is 15.5. The van der Waals surface area contributed by atoms with Crippen LogP contribution in [-0.4, -0.2) is 59.9 Å². The SMILES string of the molecule is COCCN(CCOC)C(=O)C12CCC(C(Br)Br)(C1Br)C2(C)C. The number of carbonyl (C=O) groups is 1. The van der Waals surface area contributed by atoms with E-state index in [-0.39, 0.29) is 30.7 Å². The molecule has 3 aliphatic carbocycles. The summed E-state index contributed by atoms with van der Waals surface area (Å²) in [5, 5.41) is 0. The van der Waals surface area contributed by atoms with E-state index in [2.05, 4.69) is 61.6 Å². The van der Waals surface area contributed by atoms with Crippen molar-refractivity contribution in [2.45, 2.75) is 35.3 Å². The number of amides is 1. The van der Waals surface area contributed by atoms with E-state index in [1.54, 1.807) is 14.2 Å². The van der Waals surface area contributed by atoms with E-state index in [9.17, 15) is 4.79 Å².